The average Bonchev–Trinajstić information content (AvgIpc) is 2.97. The molecule has 7 heteroatoms. The molecule has 2 aromatic heterocycles. The molecule has 2 N–H and O–H groups in total. The van der Waals surface area contributed by atoms with Gasteiger partial charge < -0.3 is 10.3 Å². The van der Waals surface area contributed by atoms with E-state index in [0.29, 0.717) is 6.54 Å². The number of nitrogens with two attached hydrogens (primary N) is 1. The summed E-state index contributed by atoms with van der Waals surface area (Å²) in [5, 5.41) is 13.3. The number of thioether (sulfide) groups is 1. The van der Waals surface area contributed by atoms with Crippen LogP contribution in [0, 0.1) is 0 Å². The maximum absolute atomic E-state index is 5.60. The maximum atomic E-state index is 5.60. The van der Waals surface area contributed by atoms with Gasteiger partial charge in [0, 0.05) is 24.7 Å². The van der Waals surface area contributed by atoms with E-state index in [1.165, 1.54) is 0 Å². The van der Waals surface area contributed by atoms with Crippen molar-refractivity contribution in [1.82, 2.24) is 24.5 Å². The van der Waals surface area contributed by atoms with Gasteiger partial charge >= 0.3 is 0 Å². The van der Waals surface area contributed by atoms with Crippen LogP contribution in [0.15, 0.2) is 23.6 Å². The summed E-state index contributed by atoms with van der Waals surface area (Å²) in [6, 6.07) is 1.92. The van der Waals surface area contributed by atoms with Gasteiger partial charge in [-0.3, -0.25) is 4.68 Å². The van der Waals surface area contributed by atoms with E-state index in [4.69, 9.17) is 5.73 Å². The molecule has 0 fully saturated rings. The highest BCUT2D eigenvalue weighted by molar-refractivity contribution is 7.99. The zero-order valence-corrected chi connectivity index (χ0v) is 10.6. The number of aromatic nitrogens is 5. The molecule has 2 heterocycles. The van der Waals surface area contributed by atoms with Crippen molar-refractivity contribution in [3.63, 3.8) is 0 Å². The van der Waals surface area contributed by atoms with Crippen LogP contribution in [-0.4, -0.2) is 30.3 Å². The summed E-state index contributed by atoms with van der Waals surface area (Å²) in [6.45, 7) is 4.22. The van der Waals surface area contributed by atoms with E-state index < -0.39 is 0 Å². The summed E-state index contributed by atoms with van der Waals surface area (Å²) >= 11 is 1.68. The van der Waals surface area contributed by atoms with Crippen LogP contribution in [0.4, 0.5) is 0 Å². The third kappa shape index (κ3) is 2.86. The maximum Gasteiger partial charge on any atom is 0.191 e. The third-order valence-corrected chi connectivity index (χ3v) is 3.35. The Morgan fingerprint density at radius 1 is 1.41 bits per heavy atom. The van der Waals surface area contributed by atoms with Crippen LogP contribution in [-0.2, 0) is 19.6 Å². The van der Waals surface area contributed by atoms with Gasteiger partial charge in [0.1, 0.15) is 5.82 Å². The van der Waals surface area contributed by atoms with Gasteiger partial charge in [-0.15, -0.1) is 10.2 Å². The number of hydrogen-bond donors (Lipinski definition) is 1. The smallest absolute Gasteiger partial charge is 0.191 e. The second-order valence-corrected chi connectivity index (χ2v) is 4.53. The first-order chi connectivity index (χ1) is 8.35. The van der Waals surface area contributed by atoms with Gasteiger partial charge in [-0.25, -0.2) is 0 Å². The lowest BCUT2D eigenvalue weighted by Crippen LogP contribution is -2.08. The lowest BCUT2D eigenvalue weighted by Gasteiger charge is -2.05. The fourth-order valence-electron chi connectivity index (χ4n) is 1.56. The van der Waals surface area contributed by atoms with E-state index in [-0.39, 0.29) is 0 Å². The number of nitrogens with zero attached hydrogens (tertiary/aromatic N) is 5. The van der Waals surface area contributed by atoms with E-state index in [9.17, 15) is 0 Å². The molecule has 0 radical (unpaired) electrons. The second-order valence-electron chi connectivity index (χ2n) is 3.46. The molecule has 0 aliphatic carbocycles. The molecule has 0 amide bonds. The first-order valence-corrected chi connectivity index (χ1v) is 6.56. The molecule has 6 nitrogen and oxygen atoms in total. The fraction of sp³-hybridized carbons (Fsp3) is 0.500. The first-order valence-electron chi connectivity index (χ1n) is 5.57. The Bertz CT molecular complexity index is 449. The molecule has 2 aromatic rings. The lowest BCUT2D eigenvalue weighted by molar-refractivity contribution is 0.638. The Hall–Kier alpha value is -1.34. The van der Waals surface area contributed by atoms with Crippen molar-refractivity contribution in [1.29, 1.82) is 0 Å². The summed E-state index contributed by atoms with van der Waals surface area (Å²) in [5.41, 5.74) is 5.60. The molecule has 0 aromatic carbocycles. The van der Waals surface area contributed by atoms with E-state index in [1.54, 1.807) is 18.0 Å². The van der Waals surface area contributed by atoms with E-state index >= 15 is 0 Å². The van der Waals surface area contributed by atoms with Gasteiger partial charge in [-0.1, -0.05) is 11.8 Å². The second kappa shape index (κ2) is 5.83. The Morgan fingerprint density at radius 3 is 2.94 bits per heavy atom. The molecule has 0 atom stereocenters. The van der Waals surface area contributed by atoms with Gasteiger partial charge in [0.05, 0.1) is 13.1 Å². The van der Waals surface area contributed by atoms with Crippen molar-refractivity contribution < 1.29 is 0 Å². The Morgan fingerprint density at radius 2 is 2.29 bits per heavy atom. The minimum Gasteiger partial charge on any atom is -0.324 e. The van der Waals surface area contributed by atoms with Crippen molar-refractivity contribution in [3.05, 3.63) is 24.3 Å². The average molecular weight is 252 g/mol. The summed E-state index contributed by atoms with van der Waals surface area (Å²) < 4.78 is 3.96. The molecule has 0 spiro atoms. The van der Waals surface area contributed by atoms with E-state index in [2.05, 4.69) is 22.2 Å². The minimum absolute atomic E-state index is 0.431. The van der Waals surface area contributed by atoms with Crippen molar-refractivity contribution in [2.24, 2.45) is 5.73 Å². The van der Waals surface area contributed by atoms with Crippen LogP contribution in [0.2, 0.25) is 0 Å². The quantitative estimate of drug-likeness (QED) is 0.768. The molecule has 0 saturated carbocycles. The van der Waals surface area contributed by atoms with Crippen molar-refractivity contribution in [3.8, 4) is 0 Å². The zero-order valence-electron chi connectivity index (χ0n) is 9.78. The van der Waals surface area contributed by atoms with Crippen molar-refractivity contribution >= 4 is 11.8 Å². The summed E-state index contributed by atoms with van der Waals surface area (Å²) in [7, 11) is 0. The largest absolute Gasteiger partial charge is 0.324 e. The van der Waals surface area contributed by atoms with Crippen LogP contribution >= 0.6 is 11.8 Å². The van der Waals surface area contributed by atoms with Crippen LogP contribution < -0.4 is 5.73 Å². The molecule has 92 valence electrons. The van der Waals surface area contributed by atoms with Crippen LogP contribution in [0.1, 0.15) is 12.7 Å². The standard InChI is InChI=1S/C10H16N6S/c1-2-16-9(8-11)13-14-10(16)17-7-6-15-5-3-4-12-15/h3-5H,2,6-8,11H2,1H3. The molecule has 0 aliphatic heterocycles. The molecule has 0 aliphatic rings. The first kappa shape index (κ1) is 12.1. The highest BCUT2D eigenvalue weighted by Gasteiger charge is 2.09. The zero-order chi connectivity index (χ0) is 12.1. The Kier molecular flexibility index (Phi) is 4.16. The van der Waals surface area contributed by atoms with Crippen molar-refractivity contribution in [2.75, 3.05) is 5.75 Å². The van der Waals surface area contributed by atoms with E-state index in [0.717, 1.165) is 29.8 Å². The highest BCUT2D eigenvalue weighted by atomic mass is 32.2. The molecule has 0 unspecified atom stereocenters. The van der Waals surface area contributed by atoms with Gasteiger partial charge in [-0.2, -0.15) is 5.10 Å². The third-order valence-electron chi connectivity index (χ3n) is 2.40. The van der Waals surface area contributed by atoms with Crippen LogP contribution in [0.25, 0.3) is 0 Å². The van der Waals surface area contributed by atoms with Crippen molar-refractivity contribution in [2.45, 2.75) is 31.7 Å². The van der Waals surface area contributed by atoms with Gasteiger partial charge in [0.2, 0.25) is 0 Å². The van der Waals surface area contributed by atoms with Gasteiger partial charge in [0.15, 0.2) is 5.16 Å². The fourth-order valence-corrected chi connectivity index (χ4v) is 2.51. The number of aryl methyl sites for hydroxylation is 1. The molecule has 2 rings (SSSR count). The van der Waals surface area contributed by atoms with Crippen LogP contribution in [0.3, 0.4) is 0 Å². The summed E-state index contributed by atoms with van der Waals surface area (Å²) in [5.74, 6) is 1.76. The number of rotatable bonds is 6. The minimum atomic E-state index is 0.431. The topological polar surface area (TPSA) is 74.6 Å². The Balaban J connectivity index is 1.92. The lowest BCUT2D eigenvalue weighted by atomic mass is 10.6. The predicted octanol–water partition coefficient (Wildman–Crippen LogP) is 0.745. The molecule has 0 saturated heterocycles. The molecular weight excluding hydrogens is 236 g/mol. The monoisotopic (exact) mass is 252 g/mol. The molecular formula is C10H16N6S. The Labute approximate surface area is 104 Å². The SMILES string of the molecule is CCn1c(CN)nnc1SCCn1cccn1. The predicted molar refractivity (Wildman–Crippen MR) is 66.5 cm³/mol. The van der Waals surface area contributed by atoms with Gasteiger partial charge in [0.25, 0.3) is 0 Å². The summed E-state index contributed by atoms with van der Waals surface area (Å²) in [6.07, 6.45) is 3.74. The molecule has 0 bridgehead atoms. The molecule has 17 heavy (non-hydrogen) atoms. The normalized spacial score (nSPS) is 10.9. The van der Waals surface area contributed by atoms with Gasteiger partial charge in [-0.05, 0) is 13.0 Å². The van der Waals surface area contributed by atoms with E-state index in [1.807, 2.05) is 21.5 Å². The van der Waals surface area contributed by atoms with Crippen LogP contribution in [0.5, 0.6) is 0 Å². The summed E-state index contributed by atoms with van der Waals surface area (Å²) in [4.78, 5) is 0. The number of hydrogen-bond acceptors (Lipinski definition) is 5. The highest BCUT2D eigenvalue weighted by Crippen LogP contribution is 2.16.